The van der Waals surface area contributed by atoms with E-state index in [2.05, 4.69) is 10.2 Å². The molecule has 1 aromatic heterocycles. The number of thioether (sulfide) groups is 1. The summed E-state index contributed by atoms with van der Waals surface area (Å²) in [5.41, 5.74) is 0.807. The number of carbonyl (C=O) groups is 1. The number of hydrogen-bond acceptors (Lipinski definition) is 6. The molecule has 2 aromatic carbocycles. The zero-order chi connectivity index (χ0) is 19.2. The average molecular weight is 387 g/mol. The number of halogens is 1. The first kappa shape index (κ1) is 18.9. The third kappa shape index (κ3) is 4.85. The Balaban J connectivity index is 1.56. The van der Waals surface area contributed by atoms with Gasteiger partial charge in [0.2, 0.25) is 5.91 Å². The molecule has 140 valence electrons. The summed E-state index contributed by atoms with van der Waals surface area (Å²) in [6.45, 7) is 1.68. The Morgan fingerprint density at radius 3 is 2.63 bits per heavy atom. The lowest BCUT2D eigenvalue weighted by atomic mass is 10.3. The Morgan fingerprint density at radius 2 is 1.89 bits per heavy atom. The molecule has 0 aliphatic rings. The van der Waals surface area contributed by atoms with E-state index in [0.29, 0.717) is 0 Å². The third-order valence-corrected chi connectivity index (χ3v) is 4.55. The summed E-state index contributed by atoms with van der Waals surface area (Å²) in [4.78, 5) is 13.8. The first-order valence-corrected chi connectivity index (χ1v) is 9.22. The Kier molecular flexibility index (Phi) is 6.08. The number of para-hydroxylation sites is 2. The molecule has 0 spiro atoms. The van der Waals surface area contributed by atoms with Crippen molar-refractivity contribution in [2.24, 2.45) is 0 Å². The van der Waals surface area contributed by atoms with Crippen molar-refractivity contribution in [2.75, 3.05) is 17.7 Å². The van der Waals surface area contributed by atoms with Gasteiger partial charge in [-0.05, 0) is 31.2 Å². The maximum atomic E-state index is 13.7. The fourth-order valence-corrected chi connectivity index (χ4v) is 2.92. The number of anilines is 1. The first-order valence-electron chi connectivity index (χ1n) is 8.23. The van der Waals surface area contributed by atoms with Gasteiger partial charge >= 0.3 is 0 Å². The van der Waals surface area contributed by atoms with Crippen LogP contribution in [0.3, 0.4) is 0 Å². The summed E-state index contributed by atoms with van der Waals surface area (Å²) in [6.07, 6.45) is -0.619. The van der Waals surface area contributed by atoms with Crippen molar-refractivity contribution in [3.8, 4) is 5.75 Å². The minimum absolute atomic E-state index is 0.0957. The molecule has 3 rings (SSSR count). The molecule has 1 amide bonds. The number of hydrogen-bond donors (Lipinski definition) is 0. The zero-order valence-electron chi connectivity index (χ0n) is 14.8. The predicted molar refractivity (Wildman–Crippen MR) is 100 cm³/mol. The van der Waals surface area contributed by atoms with E-state index in [9.17, 15) is 9.18 Å². The molecule has 8 heteroatoms. The van der Waals surface area contributed by atoms with Crippen LogP contribution in [0.5, 0.6) is 5.75 Å². The van der Waals surface area contributed by atoms with Gasteiger partial charge in [0.25, 0.3) is 11.1 Å². The largest absolute Gasteiger partial charge is 0.478 e. The molecule has 0 aliphatic carbocycles. The summed E-state index contributed by atoms with van der Waals surface area (Å²) >= 11 is 1.14. The molecule has 6 nitrogen and oxygen atoms in total. The minimum Gasteiger partial charge on any atom is -0.478 e. The molecule has 27 heavy (non-hydrogen) atoms. The van der Waals surface area contributed by atoms with Crippen LogP contribution < -0.4 is 9.64 Å². The van der Waals surface area contributed by atoms with E-state index in [1.165, 1.54) is 12.1 Å². The van der Waals surface area contributed by atoms with E-state index < -0.39 is 11.9 Å². The third-order valence-electron chi connectivity index (χ3n) is 3.75. The molecule has 1 heterocycles. The number of amides is 1. The molecular formula is C19H18FN3O3S. The number of rotatable bonds is 7. The fourth-order valence-electron chi connectivity index (χ4n) is 2.24. The maximum absolute atomic E-state index is 13.7. The molecule has 0 saturated heterocycles. The molecule has 0 aliphatic heterocycles. The highest BCUT2D eigenvalue weighted by molar-refractivity contribution is 7.99. The van der Waals surface area contributed by atoms with Crippen molar-refractivity contribution in [1.29, 1.82) is 0 Å². The van der Waals surface area contributed by atoms with E-state index in [-0.39, 0.29) is 28.5 Å². The van der Waals surface area contributed by atoms with Gasteiger partial charge in [0, 0.05) is 12.7 Å². The fraction of sp³-hybridized carbons (Fsp3) is 0.211. The highest BCUT2D eigenvalue weighted by Gasteiger charge is 2.19. The van der Waals surface area contributed by atoms with Crippen molar-refractivity contribution >= 4 is 23.4 Å². The lowest BCUT2D eigenvalue weighted by Crippen LogP contribution is -2.27. The lowest BCUT2D eigenvalue weighted by Gasteiger charge is -2.16. The van der Waals surface area contributed by atoms with Crippen LogP contribution in [0.1, 0.15) is 18.9 Å². The standard InChI is InChI=1S/C19H18FN3O3S/c1-13(25-16-11-7-6-10-15(16)20)18-21-22-19(26-18)27-12-17(24)23(2)14-8-4-3-5-9-14/h3-11,13H,12H2,1-2H3/t13-/m0/s1. The second kappa shape index (κ2) is 8.68. The molecule has 0 N–H and O–H groups in total. The van der Waals surface area contributed by atoms with Crippen LogP contribution in [0.4, 0.5) is 10.1 Å². The summed E-state index contributed by atoms with van der Waals surface area (Å²) in [6, 6.07) is 15.4. The highest BCUT2D eigenvalue weighted by atomic mass is 32.2. The van der Waals surface area contributed by atoms with Gasteiger partial charge in [-0.2, -0.15) is 0 Å². The van der Waals surface area contributed by atoms with Gasteiger partial charge in [-0.25, -0.2) is 4.39 Å². The van der Waals surface area contributed by atoms with Crippen LogP contribution in [-0.2, 0) is 4.79 Å². The molecule has 1 atom stereocenters. The van der Waals surface area contributed by atoms with Crippen molar-refractivity contribution in [3.63, 3.8) is 0 Å². The monoisotopic (exact) mass is 387 g/mol. The first-order chi connectivity index (χ1) is 13.0. The van der Waals surface area contributed by atoms with E-state index in [4.69, 9.17) is 9.15 Å². The van der Waals surface area contributed by atoms with Crippen LogP contribution in [0.25, 0.3) is 0 Å². The molecule has 0 unspecified atom stereocenters. The van der Waals surface area contributed by atoms with E-state index in [1.807, 2.05) is 30.3 Å². The molecular weight excluding hydrogens is 369 g/mol. The predicted octanol–water partition coefficient (Wildman–Crippen LogP) is 4.10. The molecule has 0 fully saturated rings. The SMILES string of the molecule is C[C@H](Oc1ccccc1F)c1nnc(SCC(=O)N(C)c2ccccc2)o1. The quantitative estimate of drug-likeness (QED) is 0.569. The Morgan fingerprint density at radius 1 is 1.19 bits per heavy atom. The molecule has 0 saturated carbocycles. The smallest absolute Gasteiger partial charge is 0.277 e. The van der Waals surface area contributed by atoms with Gasteiger partial charge in [0.05, 0.1) is 5.75 Å². The van der Waals surface area contributed by atoms with Crippen LogP contribution in [0.2, 0.25) is 0 Å². The second-order valence-corrected chi connectivity index (χ2v) is 6.60. The van der Waals surface area contributed by atoms with Gasteiger partial charge in [-0.15, -0.1) is 10.2 Å². The van der Waals surface area contributed by atoms with E-state index in [1.54, 1.807) is 31.0 Å². The Hall–Kier alpha value is -2.87. The number of carbonyl (C=O) groups excluding carboxylic acids is 1. The average Bonchev–Trinajstić information content (AvgIpc) is 3.17. The lowest BCUT2D eigenvalue weighted by molar-refractivity contribution is -0.115. The summed E-state index contributed by atoms with van der Waals surface area (Å²) in [5.74, 6) is -0.0911. The number of nitrogens with zero attached hydrogens (tertiary/aromatic N) is 3. The Bertz CT molecular complexity index is 904. The van der Waals surface area contributed by atoms with Gasteiger partial charge in [0.15, 0.2) is 17.7 Å². The van der Waals surface area contributed by atoms with E-state index in [0.717, 1.165) is 17.4 Å². The maximum Gasteiger partial charge on any atom is 0.277 e. The van der Waals surface area contributed by atoms with Gasteiger partial charge in [-0.1, -0.05) is 42.1 Å². The molecule has 3 aromatic rings. The number of benzene rings is 2. The van der Waals surface area contributed by atoms with Gasteiger partial charge in [0.1, 0.15) is 0 Å². The van der Waals surface area contributed by atoms with E-state index >= 15 is 0 Å². The minimum atomic E-state index is -0.619. The van der Waals surface area contributed by atoms with Crippen molar-refractivity contribution in [3.05, 3.63) is 66.3 Å². The Labute approximate surface area is 160 Å². The topological polar surface area (TPSA) is 68.5 Å². The van der Waals surface area contributed by atoms with Crippen LogP contribution in [0, 0.1) is 5.82 Å². The number of ether oxygens (including phenoxy) is 1. The van der Waals surface area contributed by atoms with Gasteiger partial charge in [-0.3, -0.25) is 4.79 Å². The molecule has 0 radical (unpaired) electrons. The number of aromatic nitrogens is 2. The van der Waals surface area contributed by atoms with Crippen molar-refractivity contribution in [2.45, 2.75) is 18.3 Å². The zero-order valence-corrected chi connectivity index (χ0v) is 15.6. The van der Waals surface area contributed by atoms with Gasteiger partial charge < -0.3 is 14.1 Å². The molecule has 0 bridgehead atoms. The second-order valence-electron chi connectivity index (χ2n) is 5.67. The highest BCUT2D eigenvalue weighted by Crippen LogP contribution is 2.26. The summed E-state index contributed by atoms with van der Waals surface area (Å²) < 4.78 is 24.7. The van der Waals surface area contributed by atoms with Crippen LogP contribution >= 0.6 is 11.8 Å². The van der Waals surface area contributed by atoms with Crippen LogP contribution in [-0.4, -0.2) is 28.9 Å². The summed E-state index contributed by atoms with van der Waals surface area (Å²) in [5, 5.41) is 8.07. The van der Waals surface area contributed by atoms with Crippen molar-refractivity contribution < 1.29 is 18.3 Å². The van der Waals surface area contributed by atoms with Crippen LogP contribution in [0.15, 0.2) is 64.2 Å². The summed E-state index contributed by atoms with van der Waals surface area (Å²) in [7, 11) is 1.71. The normalized spacial score (nSPS) is 11.8. The van der Waals surface area contributed by atoms with Crippen molar-refractivity contribution in [1.82, 2.24) is 10.2 Å².